The lowest BCUT2D eigenvalue weighted by molar-refractivity contribution is 0.0361. The van der Waals surface area contributed by atoms with Gasteiger partial charge >= 0.3 is 0 Å². The van der Waals surface area contributed by atoms with Crippen LogP contribution < -0.4 is 5.32 Å². The van der Waals surface area contributed by atoms with Crippen LogP contribution in [0, 0.1) is 0 Å². The van der Waals surface area contributed by atoms with Crippen molar-refractivity contribution < 1.29 is 9.84 Å². The number of unbranched alkanes of at least 4 members (excludes halogenated alkanes) is 1. The quantitative estimate of drug-likeness (QED) is 0.650. The van der Waals surface area contributed by atoms with Crippen LogP contribution in [0.5, 0.6) is 0 Å². The van der Waals surface area contributed by atoms with Crippen molar-refractivity contribution in [2.45, 2.75) is 32.3 Å². The second kappa shape index (κ2) is 10.4. The maximum Gasteiger partial charge on any atom is 0.0897 e. The first-order chi connectivity index (χ1) is 9.63. The third-order valence-corrected chi connectivity index (χ3v) is 3.51. The largest absolute Gasteiger partial charge is 0.389 e. The number of nitrogens with one attached hydrogen (secondary N) is 1. The molecule has 114 valence electrons. The Balaban J connectivity index is 2.12. The minimum atomic E-state index is -0.465. The van der Waals surface area contributed by atoms with Crippen molar-refractivity contribution in [2.24, 2.45) is 0 Å². The molecule has 0 aliphatic rings. The first-order valence-electron chi connectivity index (χ1n) is 7.04. The van der Waals surface area contributed by atoms with E-state index in [0.29, 0.717) is 29.8 Å². The fourth-order valence-corrected chi connectivity index (χ4v) is 2.24. The Labute approximate surface area is 131 Å². The van der Waals surface area contributed by atoms with Crippen molar-refractivity contribution >= 4 is 23.2 Å². The number of benzene rings is 1. The summed E-state index contributed by atoms with van der Waals surface area (Å²) in [6.45, 7) is 4.50. The first kappa shape index (κ1) is 17.7. The van der Waals surface area contributed by atoms with Crippen LogP contribution in [0.25, 0.3) is 0 Å². The van der Waals surface area contributed by atoms with E-state index >= 15 is 0 Å². The normalized spacial score (nSPS) is 12.6. The molecule has 1 unspecified atom stereocenters. The molecule has 0 aliphatic carbocycles. The van der Waals surface area contributed by atoms with Gasteiger partial charge < -0.3 is 15.2 Å². The van der Waals surface area contributed by atoms with Gasteiger partial charge in [-0.15, -0.1) is 0 Å². The third kappa shape index (κ3) is 7.46. The number of ether oxygens (including phenoxy) is 1. The molecule has 0 amide bonds. The van der Waals surface area contributed by atoms with Gasteiger partial charge in [0.25, 0.3) is 0 Å². The van der Waals surface area contributed by atoms with E-state index in [2.05, 4.69) is 12.2 Å². The van der Waals surface area contributed by atoms with E-state index in [4.69, 9.17) is 27.9 Å². The zero-order valence-electron chi connectivity index (χ0n) is 11.9. The van der Waals surface area contributed by atoms with Crippen molar-refractivity contribution in [1.29, 1.82) is 0 Å². The first-order valence-corrected chi connectivity index (χ1v) is 7.79. The van der Waals surface area contributed by atoms with Crippen LogP contribution in [0.3, 0.4) is 0 Å². The summed E-state index contributed by atoms with van der Waals surface area (Å²) in [4.78, 5) is 0. The van der Waals surface area contributed by atoms with Gasteiger partial charge in [0.05, 0.1) is 12.7 Å². The van der Waals surface area contributed by atoms with Crippen LogP contribution in [0.15, 0.2) is 18.2 Å². The van der Waals surface area contributed by atoms with Crippen LogP contribution in [0.2, 0.25) is 10.0 Å². The highest BCUT2D eigenvalue weighted by Gasteiger charge is 2.04. The molecule has 0 bridgehead atoms. The van der Waals surface area contributed by atoms with Crippen LogP contribution in [-0.2, 0) is 11.2 Å². The van der Waals surface area contributed by atoms with Gasteiger partial charge in [-0.05, 0) is 37.1 Å². The highest BCUT2D eigenvalue weighted by atomic mass is 35.5. The average molecular weight is 320 g/mol. The molecule has 0 saturated heterocycles. The molecular weight excluding hydrogens is 297 g/mol. The molecule has 0 aliphatic heterocycles. The maximum atomic E-state index is 9.71. The number of hydrogen-bond donors (Lipinski definition) is 2. The van der Waals surface area contributed by atoms with Crippen molar-refractivity contribution in [3.63, 3.8) is 0 Å². The summed E-state index contributed by atoms with van der Waals surface area (Å²) in [5.74, 6) is 0. The van der Waals surface area contributed by atoms with Crippen LogP contribution >= 0.6 is 23.2 Å². The minimum absolute atomic E-state index is 0.384. The smallest absolute Gasteiger partial charge is 0.0897 e. The van der Waals surface area contributed by atoms with Gasteiger partial charge in [-0.25, -0.2) is 0 Å². The molecule has 1 atom stereocenters. The second-order valence-corrected chi connectivity index (χ2v) is 5.62. The fourth-order valence-electron chi connectivity index (χ4n) is 1.74. The summed E-state index contributed by atoms with van der Waals surface area (Å²) in [7, 11) is 0. The number of rotatable bonds is 10. The molecule has 1 aromatic carbocycles. The van der Waals surface area contributed by atoms with Gasteiger partial charge in [-0.2, -0.15) is 0 Å². The predicted molar refractivity (Wildman–Crippen MR) is 84.8 cm³/mol. The van der Waals surface area contributed by atoms with Crippen LogP contribution in [-0.4, -0.2) is 37.5 Å². The minimum Gasteiger partial charge on any atom is -0.389 e. The Bertz CT molecular complexity index is 388. The standard InChI is InChI=1S/C15H23Cl2NO2/c1-2-3-8-20-11-14(19)10-18-7-6-12-4-5-13(16)9-15(12)17/h4-5,9,14,18-19H,2-3,6-8,10-11H2,1H3. The van der Waals surface area contributed by atoms with Crippen LogP contribution in [0.1, 0.15) is 25.3 Å². The van der Waals surface area contributed by atoms with E-state index < -0.39 is 6.10 Å². The van der Waals surface area contributed by atoms with Gasteiger partial charge in [-0.1, -0.05) is 42.6 Å². The van der Waals surface area contributed by atoms with Gasteiger partial charge in [-0.3, -0.25) is 0 Å². The Morgan fingerprint density at radius 2 is 2.15 bits per heavy atom. The summed E-state index contributed by atoms with van der Waals surface area (Å²) in [5, 5.41) is 14.2. The third-order valence-electron chi connectivity index (χ3n) is 2.92. The Kier molecular flexibility index (Phi) is 9.23. The van der Waals surface area contributed by atoms with Gasteiger partial charge in [0.1, 0.15) is 0 Å². The summed E-state index contributed by atoms with van der Waals surface area (Å²) in [5.41, 5.74) is 1.05. The number of aliphatic hydroxyl groups is 1. The second-order valence-electron chi connectivity index (χ2n) is 4.77. The van der Waals surface area contributed by atoms with Gasteiger partial charge in [0, 0.05) is 23.2 Å². The lowest BCUT2D eigenvalue weighted by atomic mass is 10.1. The fraction of sp³-hybridized carbons (Fsp3) is 0.600. The summed E-state index contributed by atoms with van der Waals surface area (Å²) < 4.78 is 5.36. The van der Waals surface area contributed by atoms with Crippen molar-refractivity contribution in [3.05, 3.63) is 33.8 Å². The monoisotopic (exact) mass is 319 g/mol. The topological polar surface area (TPSA) is 41.5 Å². The highest BCUT2D eigenvalue weighted by Crippen LogP contribution is 2.20. The molecule has 0 fully saturated rings. The number of aliphatic hydroxyl groups excluding tert-OH is 1. The molecule has 0 spiro atoms. The van der Waals surface area contributed by atoms with Gasteiger partial charge in [0.2, 0.25) is 0 Å². The van der Waals surface area contributed by atoms with Crippen molar-refractivity contribution in [3.8, 4) is 0 Å². The highest BCUT2D eigenvalue weighted by molar-refractivity contribution is 6.35. The molecule has 20 heavy (non-hydrogen) atoms. The lowest BCUT2D eigenvalue weighted by Crippen LogP contribution is -2.31. The van der Waals surface area contributed by atoms with E-state index in [9.17, 15) is 5.11 Å². The number of halogens is 2. The summed E-state index contributed by atoms with van der Waals surface area (Å²) in [6, 6.07) is 5.50. The SMILES string of the molecule is CCCCOCC(O)CNCCc1ccc(Cl)cc1Cl. The van der Waals surface area contributed by atoms with Gasteiger partial charge in [0.15, 0.2) is 0 Å². The Morgan fingerprint density at radius 3 is 2.85 bits per heavy atom. The molecule has 0 radical (unpaired) electrons. The van der Waals surface area contributed by atoms with E-state index in [0.717, 1.165) is 31.4 Å². The van der Waals surface area contributed by atoms with Crippen molar-refractivity contribution in [2.75, 3.05) is 26.3 Å². The Morgan fingerprint density at radius 1 is 1.35 bits per heavy atom. The average Bonchev–Trinajstić information content (AvgIpc) is 2.41. The van der Waals surface area contributed by atoms with E-state index in [1.807, 2.05) is 12.1 Å². The number of hydrogen-bond acceptors (Lipinski definition) is 3. The van der Waals surface area contributed by atoms with Crippen molar-refractivity contribution in [1.82, 2.24) is 5.32 Å². The van der Waals surface area contributed by atoms with E-state index in [1.54, 1.807) is 6.07 Å². The molecule has 0 saturated carbocycles. The maximum absolute atomic E-state index is 9.71. The molecule has 3 nitrogen and oxygen atoms in total. The molecule has 1 rings (SSSR count). The lowest BCUT2D eigenvalue weighted by Gasteiger charge is -2.12. The summed E-state index contributed by atoms with van der Waals surface area (Å²) in [6.07, 6.45) is 2.48. The molecule has 5 heteroatoms. The van der Waals surface area contributed by atoms with E-state index in [1.165, 1.54) is 0 Å². The molecule has 0 heterocycles. The predicted octanol–water partition coefficient (Wildman–Crippen LogP) is 3.30. The summed E-state index contributed by atoms with van der Waals surface area (Å²) >= 11 is 11.9. The molecule has 2 N–H and O–H groups in total. The molecule has 0 aromatic heterocycles. The van der Waals surface area contributed by atoms with Crippen LogP contribution in [0.4, 0.5) is 0 Å². The van der Waals surface area contributed by atoms with E-state index in [-0.39, 0.29) is 0 Å². The molecule has 1 aromatic rings. The zero-order chi connectivity index (χ0) is 14.8. The molecular formula is C15H23Cl2NO2. The Hall–Kier alpha value is -0.320. The zero-order valence-corrected chi connectivity index (χ0v) is 13.4.